The first-order chi connectivity index (χ1) is 7.88. The molecule has 0 amide bonds. The second kappa shape index (κ2) is 5.35. The number of hydrogen-bond acceptors (Lipinski definition) is 3. The normalized spacial score (nSPS) is 10.3. The Morgan fingerprint density at radius 2 is 1.81 bits per heavy atom. The van der Waals surface area contributed by atoms with Crippen LogP contribution in [0.1, 0.15) is 24.1 Å². The van der Waals surface area contributed by atoms with Gasteiger partial charge in [0.25, 0.3) is 0 Å². The van der Waals surface area contributed by atoms with Gasteiger partial charge in [-0.05, 0) is 31.0 Å². The van der Waals surface area contributed by atoms with Crippen LogP contribution in [0.4, 0.5) is 0 Å². The van der Waals surface area contributed by atoms with Gasteiger partial charge in [-0.25, -0.2) is 9.97 Å². The summed E-state index contributed by atoms with van der Waals surface area (Å²) in [5.41, 5.74) is 2.21. The van der Waals surface area contributed by atoms with E-state index in [2.05, 4.69) is 21.9 Å². The maximum absolute atomic E-state index is 4.47. The third-order valence-electron chi connectivity index (χ3n) is 2.44. The van der Waals surface area contributed by atoms with Gasteiger partial charge in [-0.15, -0.1) is 0 Å². The van der Waals surface area contributed by atoms with E-state index >= 15 is 0 Å². The monoisotopic (exact) mass is 213 g/mol. The summed E-state index contributed by atoms with van der Waals surface area (Å²) in [6, 6.07) is 7.97. The van der Waals surface area contributed by atoms with Gasteiger partial charge < -0.3 is 0 Å². The highest BCUT2D eigenvalue weighted by Crippen LogP contribution is 2.03. The van der Waals surface area contributed by atoms with Gasteiger partial charge in [-0.1, -0.05) is 13.0 Å². The fourth-order valence-electron chi connectivity index (χ4n) is 1.55. The van der Waals surface area contributed by atoms with Gasteiger partial charge in [-0.3, -0.25) is 4.98 Å². The average molecular weight is 213 g/mol. The first-order valence-corrected chi connectivity index (χ1v) is 5.59. The molecule has 16 heavy (non-hydrogen) atoms. The zero-order valence-electron chi connectivity index (χ0n) is 9.43. The highest BCUT2D eigenvalue weighted by molar-refractivity contribution is 5.08. The van der Waals surface area contributed by atoms with Gasteiger partial charge in [-0.2, -0.15) is 0 Å². The lowest BCUT2D eigenvalue weighted by atomic mass is 10.2. The van der Waals surface area contributed by atoms with Crippen molar-refractivity contribution in [2.45, 2.75) is 26.2 Å². The first kappa shape index (κ1) is 10.7. The van der Waals surface area contributed by atoms with Crippen molar-refractivity contribution in [1.82, 2.24) is 15.0 Å². The Kier molecular flexibility index (Phi) is 3.59. The van der Waals surface area contributed by atoms with E-state index in [0.717, 1.165) is 36.5 Å². The van der Waals surface area contributed by atoms with Crippen molar-refractivity contribution < 1.29 is 0 Å². The molecule has 0 aliphatic heterocycles. The number of hydrogen-bond donors (Lipinski definition) is 0. The molecule has 3 heteroatoms. The molecule has 0 atom stereocenters. The van der Waals surface area contributed by atoms with E-state index in [9.17, 15) is 0 Å². The highest BCUT2D eigenvalue weighted by Gasteiger charge is 1.99. The summed E-state index contributed by atoms with van der Waals surface area (Å²) in [5, 5.41) is 0. The lowest BCUT2D eigenvalue weighted by molar-refractivity contribution is 0.834. The van der Waals surface area contributed by atoms with E-state index in [-0.39, 0.29) is 0 Å². The molecule has 0 fully saturated rings. The Morgan fingerprint density at radius 1 is 0.938 bits per heavy atom. The van der Waals surface area contributed by atoms with Crippen LogP contribution in [0, 0.1) is 0 Å². The van der Waals surface area contributed by atoms with E-state index in [1.54, 1.807) is 0 Å². The van der Waals surface area contributed by atoms with Gasteiger partial charge in [0, 0.05) is 30.2 Å². The smallest absolute Gasteiger partial charge is 0.128 e. The van der Waals surface area contributed by atoms with E-state index in [4.69, 9.17) is 0 Å². The maximum atomic E-state index is 4.47. The Bertz CT molecular complexity index is 440. The SMILES string of the molecule is CCc1nccc(CCc2ccccn2)n1. The Hall–Kier alpha value is -1.77. The summed E-state index contributed by atoms with van der Waals surface area (Å²) in [6.07, 6.45) is 6.40. The molecular formula is C13H15N3. The van der Waals surface area contributed by atoms with Crippen LogP contribution in [0.3, 0.4) is 0 Å². The van der Waals surface area contributed by atoms with Crippen molar-refractivity contribution in [2.24, 2.45) is 0 Å². The summed E-state index contributed by atoms with van der Waals surface area (Å²) in [5.74, 6) is 0.915. The first-order valence-electron chi connectivity index (χ1n) is 5.59. The molecule has 2 heterocycles. The van der Waals surface area contributed by atoms with E-state index < -0.39 is 0 Å². The van der Waals surface area contributed by atoms with Crippen LogP contribution in [0.2, 0.25) is 0 Å². The van der Waals surface area contributed by atoms with Gasteiger partial charge in [0.2, 0.25) is 0 Å². The molecular weight excluding hydrogens is 198 g/mol. The molecule has 2 aromatic heterocycles. The number of aromatic nitrogens is 3. The second-order valence-electron chi connectivity index (χ2n) is 3.64. The average Bonchev–Trinajstić information content (AvgIpc) is 2.38. The summed E-state index contributed by atoms with van der Waals surface area (Å²) in [7, 11) is 0. The molecule has 0 spiro atoms. The Labute approximate surface area is 95.6 Å². The number of pyridine rings is 1. The minimum absolute atomic E-state index is 0.886. The van der Waals surface area contributed by atoms with Gasteiger partial charge in [0.15, 0.2) is 0 Å². The third kappa shape index (κ3) is 2.86. The Balaban J connectivity index is 1.99. The zero-order valence-corrected chi connectivity index (χ0v) is 9.43. The van der Waals surface area contributed by atoms with Crippen molar-refractivity contribution in [1.29, 1.82) is 0 Å². The van der Waals surface area contributed by atoms with Crippen LogP contribution in [-0.4, -0.2) is 15.0 Å². The molecule has 0 aliphatic rings. The van der Waals surface area contributed by atoms with Crippen LogP contribution in [0.25, 0.3) is 0 Å². The largest absolute Gasteiger partial charge is 0.261 e. The van der Waals surface area contributed by atoms with E-state index in [0.29, 0.717) is 0 Å². The lowest BCUT2D eigenvalue weighted by Gasteiger charge is -2.02. The number of nitrogens with zero attached hydrogens (tertiary/aromatic N) is 3. The fourth-order valence-corrected chi connectivity index (χ4v) is 1.55. The summed E-state index contributed by atoms with van der Waals surface area (Å²) in [4.78, 5) is 12.9. The summed E-state index contributed by atoms with van der Waals surface area (Å²) < 4.78 is 0. The molecule has 0 radical (unpaired) electrons. The second-order valence-corrected chi connectivity index (χ2v) is 3.64. The van der Waals surface area contributed by atoms with Crippen molar-refractivity contribution in [3.05, 3.63) is 53.9 Å². The topological polar surface area (TPSA) is 38.7 Å². The molecule has 0 N–H and O–H groups in total. The molecule has 0 bridgehead atoms. The summed E-state index contributed by atoms with van der Waals surface area (Å²) >= 11 is 0. The molecule has 0 saturated heterocycles. The molecule has 0 saturated carbocycles. The lowest BCUT2D eigenvalue weighted by Crippen LogP contribution is -2.00. The highest BCUT2D eigenvalue weighted by atomic mass is 14.9. The standard InChI is InChI=1S/C13H15N3/c1-2-13-15-10-8-12(16-13)7-6-11-5-3-4-9-14-11/h3-5,8-10H,2,6-7H2,1H3. The summed E-state index contributed by atoms with van der Waals surface area (Å²) in [6.45, 7) is 2.07. The molecule has 82 valence electrons. The molecule has 0 aliphatic carbocycles. The Morgan fingerprint density at radius 3 is 2.56 bits per heavy atom. The predicted molar refractivity (Wildman–Crippen MR) is 63.1 cm³/mol. The number of rotatable bonds is 4. The van der Waals surface area contributed by atoms with Crippen LogP contribution < -0.4 is 0 Å². The predicted octanol–water partition coefficient (Wildman–Crippen LogP) is 2.22. The molecule has 0 aromatic carbocycles. The third-order valence-corrected chi connectivity index (χ3v) is 2.44. The maximum Gasteiger partial charge on any atom is 0.128 e. The van der Waals surface area contributed by atoms with Gasteiger partial charge in [0.05, 0.1) is 0 Å². The van der Waals surface area contributed by atoms with Crippen molar-refractivity contribution in [2.75, 3.05) is 0 Å². The van der Waals surface area contributed by atoms with Crippen molar-refractivity contribution in [3.63, 3.8) is 0 Å². The van der Waals surface area contributed by atoms with E-state index in [1.165, 1.54) is 0 Å². The fraction of sp³-hybridized carbons (Fsp3) is 0.308. The van der Waals surface area contributed by atoms with E-state index in [1.807, 2.05) is 36.7 Å². The van der Waals surface area contributed by atoms with Gasteiger partial charge >= 0.3 is 0 Å². The molecule has 2 rings (SSSR count). The molecule has 0 unspecified atom stereocenters. The minimum atomic E-state index is 0.886. The quantitative estimate of drug-likeness (QED) is 0.781. The van der Waals surface area contributed by atoms with Gasteiger partial charge in [0.1, 0.15) is 5.82 Å². The van der Waals surface area contributed by atoms with Crippen LogP contribution in [0.5, 0.6) is 0 Å². The van der Waals surface area contributed by atoms with Crippen LogP contribution in [-0.2, 0) is 19.3 Å². The molecule has 2 aromatic rings. The van der Waals surface area contributed by atoms with Crippen molar-refractivity contribution >= 4 is 0 Å². The van der Waals surface area contributed by atoms with Crippen LogP contribution >= 0.6 is 0 Å². The number of aryl methyl sites for hydroxylation is 3. The van der Waals surface area contributed by atoms with Crippen molar-refractivity contribution in [3.8, 4) is 0 Å². The van der Waals surface area contributed by atoms with Crippen LogP contribution in [0.15, 0.2) is 36.7 Å². The minimum Gasteiger partial charge on any atom is -0.261 e. The zero-order chi connectivity index (χ0) is 11.2. The molecule has 3 nitrogen and oxygen atoms in total.